The first kappa shape index (κ1) is 18.4. The molecule has 1 heterocycles. The fraction of sp³-hybridized carbons (Fsp3) is 0.0526. The average molecular weight is 382 g/mol. The average Bonchev–Trinajstić information content (AvgIpc) is 2.68. The lowest BCUT2D eigenvalue weighted by Crippen LogP contribution is -2.21. The Labute approximate surface area is 157 Å². The minimum Gasteiger partial charge on any atom is -0.376 e. The molecular formula is C19H18N4O3S. The summed E-state index contributed by atoms with van der Waals surface area (Å²) in [5, 5.41) is 5.70. The van der Waals surface area contributed by atoms with Gasteiger partial charge in [-0.05, 0) is 42.5 Å². The van der Waals surface area contributed by atoms with Crippen molar-refractivity contribution in [3.63, 3.8) is 0 Å². The van der Waals surface area contributed by atoms with E-state index in [0.29, 0.717) is 17.1 Å². The highest BCUT2D eigenvalue weighted by atomic mass is 32.2. The molecule has 0 bridgehead atoms. The summed E-state index contributed by atoms with van der Waals surface area (Å²) in [6.45, 7) is 0.0389. The number of nitrogens with zero attached hydrogens (tertiary/aromatic N) is 1. The van der Waals surface area contributed by atoms with E-state index in [2.05, 4.69) is 20.3 Å². The number of anilines is 3. The maximum atomic E-state index is 12.4. The van der Waals surface area contributed by atoms with Gasteiger partial charge in [-0.1, -0.05) is 24.3 Å². The molecular weight excluding hydrogens is 364 g/mol. The summed E-state index contributed by atoms with van der Waals surface area (Å²) in [7, 11) is -3.67. The molecule has 27 heavy (non-hydrogen) atoms. The first-order valence-corrected chi connectivity index (χ1v) is 9.63. The zero-order chi connectivity index (χ0) is 19.1. The molecule has 0 aliphatic rings. The molecule has 2 aromatic carbocycles. The lowest BCUT2D eigenvalue weighted by Gasteiger charge is -2.11. The number of sulfonamides is 1. The summed E-state index contributed by atoms with van der Waals surface area (Å²) >= 11 is 0. The first-order valence-electron chi connectivity index (χ1n) is 8.15. The molecule has 138 valence electrons. The third-order valence-electron chi connectivity index (χ3n) is 3.59. The second kappa shape index (κ2) is 8.33. The van der Waals surface area contributed by atoms with Crippen LogP contribution in [0.15, 0.2) is 84.0 Å². The van der Waals surface area contributed by atoms with E-state index in [-0.39, 0.29) is 17.3 Å². The van der Waals surface area contributed by atoms with Gasteiger partial charge in [0.1, 0.15) is 0 Å². The molecule has 1 aromatic heterocycles. The number of rotatable bonds is 7. The number of nitrogens with one attached hydrogen (secondary N) is 3. The van der Waals surface area contributed by atoms with Gasteiger partial charge in [0.05, 0.1) is 17.1 Å². The van der Waals surface area contributed by atoms with Gasteiger partial charge in [-0.2, -0.15) is 0 Å². The van der Waals surface area contributed by atoms with Gasteiger partial charge >= 0.3 is 0 Å². The van der Waals surface area contributed by atoms with Crippen molar-refractivity contribution in [2.45, 2.75) is 4.90 Å². The van der Waals surface area contributed by atoms with E-state index in [1.165, 1.54) is 12.1 Å². The Hall–Kier alpha value is -3.39. The third kappa shape index (κ3) is 5.29. The predicted octanol–water partition coefficient (Wildman–Crippen LogP) is 2.93. The zero-order valence-electron chi connectivity index (χ0n) is 14.3. The normalized spacial score (nSPS) is 10.8. The topological polar surface area (TPSA) is 100 Å². The molecule has 0 fully saturated rings. The zero-order valence-corrected chi connectivity index (χ0v) is 15.1. The molecule has 0 aliphatic carbocycles. The van der Waals surface area contributed by atoms with Crippen molar-refractivity contribution in [3.8, 4) is 0 Å². The molecule has 0 atom stereocenters. The van der Waals surface area contributed by atoms with Crippen LogP contribution in [0.5, 0.6) is 0 Å². The maximum Gasteiger partial charge on any atom is 0.261 e. The van der Waals surface area contributed by atoms with Crippen LogP contribution in [0.25, 0.3) is 0 Å². The number of benzene rings is 2. The number of amides is 1. The van der Waals surface area contributed by atoms with Crippen LogP contribution in [-0.4, -0.2) is 25.9 Å². The Morgan fingerprint density at radius 2 is 1.56 bits per heavy atom. The fourth-order valence-electron chi connectivity index (χ4n) is 2.33. The van der Waals surface area contributed by atoms with E-state index in [4.69, 9.17) is 0 Å². The largest absolute Gasteiger partial charge is 0.376 e. The molecule has 0 radical (unpaired) electrons. The van der Waals surface area contributed by atoms with E-state index < -0.39 is 10.0 Å². The van der Waals surface area contributed by atoms with Crippen molar-refractivity contribution < 1.29 is 13.2 Å². The predicted molar refractivity (Wildman–Crippen MR) is 105 cm³/mol. The van der Waals surface area contributed by atoms with Crippen molar-refractivity contribution in [3.05, 3.63) is 79.1 Å². The summed E-state index contributed by atoms with van der Waals surface area (Å²) in [6.07, 6.45) is 3.18. The SMILES string of the molecule is O=C(CNc1cccc(NS(=O)(=O)c2ccccc2)c1)Nc1ccncc1. The third-order valence-corrected chi connectivity index (χ3v) is 4.98. The Morgan fingerprint density at radius 1 is 0.852 bits per heavy atom. The molecule has 7 nitrogen and oxygen atoms in total. The van der Waals surface area contributed by atoms with Gasteiger partial charge in [0, 0.05) is 23.8 Å². The first-order chi connectivity index (χ1) is 13.0. The number of pyridine rings is 1. The number of carbonyl (C=O) groups excluding carboxylic acids is 1. The molecule has 8 heteroatoms. The van der Waals surface area contributed by atoms with E-state index in [1.807, 2.05) is 0 Å². The van der Waals surface area contributed by atoms with Crippen molar-refractivity contribution >= 4 is 33.0 Å². The van der Waals surface area contributed by atoms with Crippen LogP contribution >= 0.6 is 0 Å². The van der Waals surface area contributed by atoms with Crippen LogP contribution < -0.4 is 15.4 Å². The van der Waals surface area contributed by atoms with E-state index >= 15 is 0 Å². The number of carbonyl (C=O) groups is 1. The van der Waals surface area contributed by atoms with Gasteiger partial charge in [-0.3, -0.25) is 14.5 Å². The molecule has 0 unspecified atom stereocenters. The van der Waals surface area contributed by atoms with Crippen LogP contribution in [-0.2, 0) is 14.8 Å². The van der Waals surface area contributed by atoms with Crippen LogP contribution in [0.3, 0.4) is 0 Å². The number of hydrogen-bond donors (Lipinski definition) is 3. The summed E-state index contributed by atoms with van der Waals surface area (Å²) in [5.41, 5.74) is 1.67. The monoisotopic (exact) mass is 382 g/mol. The smallest absolute Gasteiger partial charge is 0.261 e. The number of aromatic nitrogens is 1. The van der Waals surface area contributed by atoms with Crippen LogP contribution in [0.1, 0.15) is 0 Å². The molecule has 0 spiro atoms. The van der Waals surface area contributed by atoms with Crippen LogP contribution in [0.4, 0.5) is 17.1 Å². The molecule has 3 N–H and O–H groups in total. The van der Waals surface area contributed by atoms with Gasteiger partial charge in [-0.15, -0.1) is 0 Å². The van der Waals surface area contributed by atoms with Gasteiger partial charge in [0.25, 0.3) is 10.0 Å². The molecule has 0 saturated carbocycles. The van der Waals surface area contributed by atoms with Gasteiger partial charge in [-0.25, -0.2) is 8.42 Å². The van der Waals surface area contributed by atoms with Gasteiger partial charge in [0.2, 0.25) is 5.91 Å². The highest BCUT2D eigenvalue weighted by molar-refractivity contribution is 7.92. The molecule has 0 saturated heterocycles. The molecule has 3 rings (SSSR count). The van der Waals surface area contributed by atoms with Crippen molar-refractivity contribution in [1.82, 2.24) is 4.98 Å². The molecule has 3 aromatic rings. The second-order valence-corrected chi connectivity index (χ2v) is 7.32. The lowest BCUT2D eigenvalue weighted by atomic mass is 10.3. The van der Waals surface area contributed by atoms with E-state index in [1.54, 1.807) is 67.0 Å². The van der Waals surface area contributed by atoms with Crippen molar-refractivity contribution in [2.24, 2.45) is 0 Å². The van der Waals surface area contributed by atoms with Gasteiger partial charge < -0.3 is 10.6 Å². The summed E-state index contributed by atoms with van der Waals surface area (Å²) in [4.78, 5) is 16.0. The Morgan fingerprint density at radius 3 is 2.30 bits per heavy atom. The van der Waals surface area contributed by atoms with Crippen LogP contribution in [0, 0.1) is 0 Å². The standard InChI is InChI=1S/C19H18N4O3S/c24-19(22-15-9-11-20-12-10-15)14-21-16-5-4-6-17(13-16)23-27(25,26)18-7-2-1-3-8-18/h1-13,21,23H,14H2,(H,20,22,24). The Kier molecular flexibility index (Phi) is 5.68. The summed E-state index contributed by atoms with van der Waals surface area (Å²) < 4.78 is 27.3. The fourth-order valence-corrected chi connectivity index (χ4v) is 3.40. The summed E-state index contributed by atoms with van der Waals surface area (Å²) in [5.74, 6) is -0.225. The minimum absolute atomic E-state index is 0.0389. The highest BCUT2D eigenvalue weighted by Gasteiger charge is 2.13. The lowest BCUT2D eigenvalue weighted by molar-refractivity contribution is -0.114. The van der Waals surface area contributed by atoms with E-state index in [0.717, 1.165) is 0 Å². The minimum atomic E-state index is -3.67. The van der Waals surface area contributed by atoms with Crippen molar-refractivity contribution in [1.29, 1.82) is 0 Å². The molecule has 0 aliphatic heterocycles. The second-order valence-electron chi connectivity index (χ2n) is 5.64. The Balaban J connectivity index is 1.61. The van der Waals surface area contributed by atoms with E-state index in [9.17, 15) is 13.2 Å². The maximum absolute atomic E-state index is 12.4. The molecule has 1 amide bonds. The highest BCUT2D eigenvalue weighted by Crippen LogP contribution is 2.19. The number of hydrogen-bond acceptors (Lipinski definition) is 5. The quantitative estimate of drug-likeness (QED) is 0.583. The van der Waals surface area contributed by atoms with Crippen LogP contribution in [0.2, 0.25) is 0 Å². The van der Waals surface area contributed by atoms with Gasteiger partial charge in [0.15, 0.2) is 0 Å². The van der Waals surface area contributed by atoms with Crippen molar-refractivity contribution in [2.75, 3.05) is 21.9 Å². The Bertz CT molecular complexity index is 1010. The summed E-state index contributed by atoms with van der Waals surface area (Å²) in [6, 6.07) is 18.2.